The van der Waals surface area contributed by atoms with Crippen molar-refractivity contribution >= 4 is 5.82 Å². The number of aliphatic hydroxyl groups excluding tert-OH is 1. The van der Waals surface area contributed by atoms with Gasteiger partial charge in [-0.1, -0.05) is 18.2 Å². The van der Waals surface area contributed by atoms with Gasteiger partial charge in [0, 0.05) is 36.0 Å². The molecule has 2 aliphatic carbocycles. The van der Waals surface area contributed by atoms with Crippen molar-refractivity contribution in [3.63, 3.8) is 0 Å². The Kier molecular flexibility index (Phi) is 3.79. The SMILES string of the molecule is OC[C@H]1C=C[C@@H](Nc2nc(-c3ccccn3)nc3c2CCC3)C1. The Balaban J connectivity index is 1.66. The van der Waals surface area contributed by atoms with Gasteiger partial charge in [0.1, 0.15) is 11.5 Å². The topological polar surface area (TPSA) is 70.9 Å². The molecule has 4 rings (SSSR count). The lowest BCUT2D eigenvalue weighted by atomic mass is 10.1. The molecule has 0 radical (unpaired) electrons. The van der Waals surface area contributed by atoms with E-state index in [4.69, 9.17) is 9.97 Å². The van der Waals surface area contributed by atoms with Gasteiger partial charge in [0.05, 0.1) is 0 Å². The van der Waals surface area contributed by atoms with Crippen LogP contribution in [0.2, 0.25) is 0 Å². The van der Waals surface area contributed by atoms with Crippen LogP contribution in [0.25, 0.3) is 11.5 Å². The zero-order valence-corrected chi connectivity index (χ0v) is 12.9. The van der Waals surface area contributed by atoms with Crippen molar-refractivity contribution < 1.29 is 5.11 Å². The summed E-state index contributed by atoms with van der Waals surface area (Å²) in [6, 6.07) is 6.02. The molecule has 2 atom stereocenters. The lowest BCUT2D eigenvalue weighted by Crippen LogP contribution is -2.19. The summed E-state index contributed by atoms with van der Waals surface area (Å²) in [5, 5.41) is 12.8. The Labute approximate surface area is 135 Å². The number of hydrogen-bond donors (Lipinski definition) is 2. The number of rotatable bonds is 4. The third-order valence-electron chi connectivity index (χ3n) is 4.56. The van der Waals surface area contributed by atoms with Gasteiger partial charge in [-0.05, 0) is 37.8 Å². The molecule has 0 unspecified atom stereocenters. The van der Waals surface area contributed by atoms with Crippen molar-refractivity contribution in [1.82, 2.24) is 15.0 Å². The van der Waals surface area contributed by atoms with E-state index in [2.05, 4.69) is 22.5 Å². The molecule has 0 saturated heterocycles. The highest BCUT2D eigenvalue weighted by Gasteiger charge is 2.24. The molecule has 118 valence electrons. The summed E-state index contributed by atoms with van der Waals surface area (Å²) in [7, 11) is 0. The van der Waals surface area contributed by atoms with Crippen molar-refractivity contribution in [3.05, 3.63) is 47.8 Å². The fourth-order valence-electron chi connectivity index (χ4n) is 3.35. The molecule has 2 aromatic rings. The molecule has 0 saturated carbocycles. The lowest BCUT2D eigenvalue weighted by molar-refractivity contribution is 0.250. The largest absolute Gasteiger partial charge is 0.396 e. The maximum absolute atomic E-state index is 9.28. The second kappa shape index (κ2) is 6.08. The summed E-state index contributed by atoms with van der Waals surface area (Å²) in [5.41, 5.74) is 3.19. The van der Waals surface area contributed by atoms with E-state index in [0.29, 0.717) is 5.82 Å². The van der Waals surface area contributed by atoms with E-state index >= 15 is 0 Å². The number of nitrogens with one attached hydrogen (secondary N) is 1. The van der Waals surface area contributed by atoms with Crippen LogP contribution in [0.3, 0.4) is 0 Å². The molecule has 0 spiro atoms. The maximum Gasteiger partial charge on any atom is 0.180 e. The quantitative estimate of drug-likeness (QED) is 0.849. The molecule has 0 aromatic carbocycles. The Hall–Kier alpha value is -2.27. The predicted octanol–water partition coefficient (Wildman–Crippen LogP) is 2.38. The van der Waals surface area contributed by atoms with Crippen molar-refractivity contribution in [2.24, 2.45) is 5.92 Å². The summed E-state index contributed by atoms with van der Waals surface area (Å²) in [6.07, 6.45) is 10.1. The molecule has 0 fully saturated rings. The minimum Gasteiger partial charge on any atom is -0.396 e. The van der Waals surface area contributed by atoms with E-state index in [1.165, 1.54) is 5.56 Å². The van der Waals surface area contributed by atoms with Crippen LogP contribution in [-0.4, -0.2) is 32.7 Å². The summed E-state index contributed by atoms with van der Waals surface area (Å²) in [6.45, 7) is 0.204. The predicted molar refractivity (Wildman–Crippen MR) is 89.0 cm³/mol. The molecule has 2 aromatic heterocycles. The number of hydrogen-bond acceptors (Lipinski definition) is 5. The van der Waals surface area contributed by atoms with Crippen LogP contribution in [0.1, 0.15) is 24.1 Å². The summed E-state index contributed by atoms with van der Waals surface area (Å²) in [5.74, 6) is 1.87. The first-order valence-electron chi connectivity index (χ1n) is 8.20. The van der Waals surface area contributed by atoms with Crippen molar-refractivity contribution in [2.45, 2.75) is 31.7 Å². The number of anilines is 1. The number of nitrogens with zero attached hydrogens (tertiary/aromatic N) is 3. The lowest BCUT2D eigenvalue weighted by Gasteiger charge is -2.17. The van der Waals surface area contributed by atoms with Gasteiger partial charge in [-0.15, -0.1) is 0 Å². The fourth-order valence-corrected chi connectivity index (χ4v) is 3.35. The molecule has 0 aliphatic heterocycles. The molecular formula is C18H20N4O. The van der Waals surface area contributed by atoms with Gasteiger partial charge in [-0.2, -0.15) is 0 Å². The van der Waals surface area contributed by atoms with Gasteiger partial charge in [0.2, 0.25) is 0 Å². The van der Waals surface area contributed by atoms with Crippen LogP contribution < -0.4 is 5.32 Å². The van der Waals surface area contributed by atoms with E-state index in [0.717, 1.165) is 42.9 Å². The zero-order valence-electron chi connectivity index (χ0n) is 12.9. The van der Waals surface area contributed by atoms with E-state index < -0.39 is 0 Å². The van der Waals surface area contributed by atoms with E-state index in [1.54, 1.807) is 6.20 Å². The number of aliphatic hydroxyl groups is 1. The Bertz CT molecular complexity index is 729. The van der Waals surface area contributed by atoms with Crippen molar-refractivity contribution in [3.8, 4) is 11.5 Å². The van der Waals surface area contributed by atoms with Crippen LogP contribution in [0.4, 0.5) is 5.82 Å². The molecule has 5 heteroatoms. The van der Waals surface area contributed by atoms with Crippen LogP contribution in [0, 0.1) is 5.92 Å². The summed E-state index contributed by atoms with van der Waals surface area (Å²) < 4.78 is 0. The van der Waals surface area contributed by atoms with Gasteiger partial charge in [0.15, 0.2) is 5.82 Å². The third-order valence-corrected chi connectivity index (χ3v) is 4.56. The first-order chi connectivity index (χ1) is 11.3. The molecule has 5 nitrogen and oxygen atoms in total. The fraction of sp³-hybridized carbons (Fsp3) is 0.389. The molecule has 2 aliphatic rings. The molecule has 2 heterocycles. The Morgan fingerprint density at radius 2 is 2.13 bits per heavy atom. The average Bonchev–Trinajstić information content (AvgIpc) is 3.24. The number of pyridine rings is 1. The van der Waals surface area contributed by atoms with Crippen molar-refractivity contribution in [2.75, 3.05) is 11.9 Å². The highest BCUT2D eigenvalue weighted by Crippen LogP contribution is 2.30. The smallest absolute Gasteiger partial charge is 0.180 e. The van der Waals surface area contributed by atoms with Crippen molar-refractivity contribution in [1.29, 1.82) is 0 Å². The van der Waals surface area contributed by atoms with E-state index in [-0.39, 0.29) is 18.6 Å². The van der Waals surface area contributed by atoms with Crippen LogP contribution in [0.15, 0.2) is 36.5 Å². The number of fused-ring (bicyclic) bond motifs is 1. The van der Waals surface area contributed by atoms with Gasteiger partial charge >= 0.3 is 0 Å². The second-order valence-electron chi connectivity index (χ2n) is 6.20. The first-order valence-corrected chi connectivity index (χ1v) is 8.20. The number of aryl methyl sites for hydroxylation is 1. The van der Waals surface area contributed by atoms with Gasteiger partial charge in [-0.25, -0.2) is 9.97 Å². The average molecular weight is 308 g/mol. The standard InChI is InChI=1S/C18H20N4O/c23-11-12-7-8-13(10-12)20-17-14-4-3-6-15(14)21-18(22-17)16-5-1-2-9-19-16/h1-2,5,7-9,12-13,23H,3-4,6,10-11H2,(H,20,21,22)/t12-,13+/m0/s1. The molecule has 0 amide bonds. The van der Waals surface area contributed by atoms with E-state index in [1.807, 2.05) is 18.2 Å². The minimum absolute atomic E-state index is 0.204. The minimum atomic E-state index is 0.204. The normalized spacial score (nSPS) is 22.3. The van der Waals surface area contributed by atoms with Gasteiger partial charge < -0.3 is 10.4 Å². The highest BCUT2D eigenvalue weighted by molar-refractivity contribution is 5.58. The monoisotopic (exact) mass is 308 g/mol. The Morgan fingerprint density at radius 3 is 2.91 bits per heavy atom. The summed E-state index contributed by atoms with van der Waals surface area (Å²) in [4.78, 5) is 13.8. The van der Waals surface area contributed by atoms with Gasteiger partial charge in [-0.3, -0.25) is 4.98 Å². The van der Waals surface area contributed by atoms with Gasteiger partial charge in [0.25, 0.3) is 0 Å². The molecule has 2 N–H and O–H groups in total. The Morgan fingerprint density at radius 1 is 1.17 bits per heavy atom. The molecule has 23 heavy (non-hydrogen) atoms. The van der Waals surface area contributed by atoms with Crippen LogP contribution in [0.5, 0.6) is 0 Å². The first kappa shape index (κ1) is 14.3. The maximum atomic E-state index is 9.28. The van der Waals surface area contributed by atoms with E-state index in [9.17, 15) is 5.11 Å². The second-order valence-corrected chi connectivity index (χ2v) is 6.20. The number of aromatic nitrogens is 3. The van der Waals surface area contributed by atoms with Crippen LogP contribution in [-0.2, 0) is 12.8 Å². The highest BCUT2D eigenvalue weighted by atomic mass is 16.3. The zero-order chi connectivity index (χ0) is 15.6. The third kappa shape index (κ3) is 2.84. The molecule has 0 bridgehead atoms. The summed E-state index contributed by atoms with van der Waals surface area (Å²) >= 11 is 0. The molecular weight excluding hydrogens is 288 g/mol. The van der Waals surface area contributed by atoms with Crippen LogP contribution >= 0.6 is 0 Å².